The highest BCUT2D eigenvalue weighted by molar-refractivity contribution is 5.96. The van der Waals surface area contributed by atoms with E-state index in [2.05, 4.69) is 20.7 Å². The SMILES string of the molecule is CC1=C(C(=O)NCc2ccccc2)C(c2ccc(OCc3ccc(F)cc3)cc2)n2ncnc2N1. The summed E-state index contributed by atoms with van der Waals surface area (Å²) in [6, 6.07) is 23.1. The number of benzene rings is 3. The summed E-state index contributed by atoms with van der Waals surface area (Å²) in [5.41, 5.74) is 4.05. The Balaban J connectivity index is 1.36. The van der Waals surface area contributed by atoms with Crippen molar-refractivity contribution >= 4 is 11.9 Å². The number of aromatic nitrogens is 3. The van der Waals surface area contributed by atoms with Crippen molar-refractivity contribution in [3.05, 3.63) is 119 Å². The summed E-state index contributed by atoms with van der Waals surface area (Å²) in [6.45, 7) is 2.61. The van der Waals surface area contributed by atoms with E-state index in [1.54, 1.807) is 16.8 Å². The van der Waals surface area contributed by atoms with Gasteiger partial charge < -0.3 is 15.4 Å². The molecule has 2 N–H and O–H groups in total. The standard InChI is InChI=1S/C27H24FN5O2/c1-18-24(26(34)29-15-19-5-3-2-4-6-19)25(33-27(32-18)30-17-31-33)21-9-13-23(14-10-21)35-16-20-7-11-22(28)12-8-20/h2-14,17,25H,15-16H2,1H3,(H,29,34)(H,30,31,32). The van der Waals surface area contributed by atoms with Crippen LogP contribution in [0.15, 0.2) is 96.5 Å². The van der Waals surface area contributed by atoms with Crippen LogP contribution in [0.25, 0.3) is 0 Å². The first-order valence-corrected chi connectivity index (χ1v) is 11.2. The first-order valence-electron chi connectivity index (χ1n) is 11.2. The average Bonchev–Trinajstić information content (AvgIpc) is 3.35. The Bertz CT molecular complexity index is 1350. The zero-order valence-corrected chi connectivity index (χ0v) is 19.1. The molecule has 1 aliphatic rings. The highest BCUT2D eigenvalue weighted by atomic mass is 19.1. The van der Waals surface area contributed by atoms with Gasteiger partial charge in [-0.2, -0.15) is 10.1 Å². The summed E-state index contributed by atoms with van der Waals surface area (Å²) >= 11 is 0. The zero-order valence-electron chi connectivity index (χ0n) is 19.1. The molecule has 0 aliphatic carbocycles. The monoisotopic (exact) mass is 469 g/mol. The largest absolute Gasteiger partial charge is 0.489 e. The first kappa shape index (κ1) is 22.3. The number of anilines is 1. The maximum Gasteiger partial charge on any atom is 0.251 e. The van der Waals surface area contributed by atoms with E-state index in [1.807, 2.05) is 61.5 Å². The normalized spacial score (nSPS) is 14.7. The van der Waals surface area contributed by atoms with Crippen molar-refractivity contribution in [3.8, 4) is 5.75 Å². The van der Waals surface area contributed by atoms with Crippen LogP contribution in [0.5, 0.6) is 5.75 Å². The molecular formula is C27H24FN5O2. The minimum Gasteiger partial charge on any atom is -0.489 e. The topological polar surface area (TPSA) is 81.1 Å². The molecular weight excluding hydrogens is 445 g/mol. The van der Waals surface area contributed by atoms with E-state index in [1.165, 1.54) is 18.5 Å². The van der Waals surface area contributed by atoms with Crippen LogP contribution in [0.1, 0.15) is 29.7 Å². The molecule has 0 saturated heterocycles. The number of nitrogens with one attached hydrogen (secondary N) is 2. The summed E-state index contributed by atoms with van der Waals surface area (Å²) in [4.78, 5) is 17.6. The summed E-state index contributed by atoms with van der Waals surface area (Å²) in [5.74, 6) is 0.784. The highest BCUT2D eigenvalue weighted by Crippen LogP contribution is 2.35. The van der Waals surface area contributed by atoms with Crippen molar-refractivity contribution in [1.29, 1.82) is 0 Å². The molecule has 176 valence electrons. The fraction of sp³-hybridized carbons (Fsp3) is 0.148. The molecule has 4 aromatic rings. The van der Waals surface area contributed by atoms with Crippen LogP contribution >= 0.6 is 0 Å². The number of allylic oxidation sites excluding steroid dienone is 1. The van der Waals surface area contributed by atoms with E-state index in [4.69, 9.17) is 4.74 Å². The molecule has 2 heterocycles. The minimum atomic E-state index is -0.448. The predicted molar refractivity (Wildman–Crippen MR) is 130 cm³/mol. The van der Waals surface area contributed by atoms with E-state index in [0.29, 0.717) is 30.4 Å². The lowest BCUT2D eigenvalue weighted by Gasteiger charge is -2.28. The Kier molecular flexibility index (Phi) is 6.26. The molecule has 8 heteroatoms. The van der Waals surface area contributed by atoms with E-state index in [9.17, 15) is 9.18 Å². The minimum absolute atomic E-state index is 0.179. The molecule has 0 saturated carbocycles. The van der Waals surface area contributed by atoms with E-state index in [-0.39, 0.29) is 11.7 Å². The third kappa shape index (κ3) is 4.91. The van der Waals surface area contributed by atoms with Crippen LogP contribution in [0, 0.1) is 5.82 Å². The van der Waals surface area contributed by atoms with Crippen molar-refractivity contribution in [2.45, 2.75) is 26.1 Å². The number of rotatable bonds is 7. The van der Waals surface area contributed by atoms with Gasteiger partial charge in [0.05, 0.1) is 5.57 Å². The van der Waals surface area contributed by atoms with Gasteiger partial charge in [0, 0.05) is 12.2 Å². The maximum atomic E-state index is 13.3. The Hall–Kier alpha value is -4.46. The first-order chi connectivity index (χ1) is 17.1. The quantitative estimate of drug-likeness (QED) is 0.413. The summed E-state index contributed by atoms with van der Waals surface area (Å²) in [6.07, 6.45) is 1.47. The second-order valence-electron chi connectivity index (χ2n) is 8.25. The van der Waals surface area contributed by atoms with Crippen molar-refractivity contribution in [3.63, 3.8) is 0 Å². The summed E-state index contributed by atoms with van der Waals surface area (Å²) < 4.78 is 20.7. The Morgan fingerprint density at radius 2 is 1.77 bits per heavy atom. The Morgan fingerprint density at radius 3 is 2.51 bits per heavy atom. The van der Waals surface area contributed by atoms with E-state index >= 15 is 0 Å². The lowest BCUT2D eigenvalue weighted by Crippen LogP contribution is -2.34. The molecule has 0 radical (unpaired) electrons. The van der Waals surface area contributed by atoms with Crippen LogP contribution in [0.3, 0.4) is 0 Å². The number of hydrogen-bond donors (Lipinski definition) is 2. The number of ether oxygens (including phenoxy) is 1. The Labute approximate surface area is 202 Å². The van der Waals surface area contributed by atoms with Gasteiger partial charge in [0.25, 0.3) is 5.91 Å². The van der Waals surface area contributed by atoms with Gasteiger partial charge in [0.2, 0.25) is 5.95 Å². The third-order valence-corrected chi connectivity index (χ3v) is 5.85. The van der Waals surface area contributed by atoms with Crippen LogP contribution in [0.4, 0.5) is 10.3 Å². The third-order valence-electron chi connectivity index (χ3n) is 5.85. The molecule has 7 nitrogen and oxygen atoms in total. The van der Waals surface area contributed by atoms with Crippen molar-refractivity contribution in [2.24, 2.45) is 0 Å². The lowest BCUT2D eigenvalue weighted by molar-refractivity contribution is -0.118. The number of halogens is 1. The second-order valence-corrected chi connectivity index (χ2v) is 8.25. The molecule has 5 rings (SSSR count). The molecule has 0 bridgehead atoms. The molecule has 1 aromatic heterocycles. The van der Waals surface area contributed by atoms with Gasteiger partial charge in [0.1, 0.15) is 30.5 Å². The second kappa shape index (κ2) is 9.80. The molecule has 1 aliphatic heterocycles. The van der Waals surface area contributed by atoms with E-state index in [0.717, 1.165) is 22.4 Å². The van der Waals surface area contributed by atoms with Gasteiger partial charge in [-0.3, -0.25) is 4.79 Å². The van der Waals surface area contributed by atoms with Crippen molar-refractivity contribution < 1.29 is 13.9 Å². The molecule has 1 atom stereocenters. The molecule has 35 heavy (non-hydrogen) atoms. The number of carbonyl (C=O) groups excluding carboxylic acids is 1. The molecule has 0 spiro atoms. The molecule has 0 fully saturated rings. The van der Waals surface area contributed by atoms with Crippen molar-refractivity contribution in [1.82, 2.24) is 20.1 Å². The maximum absolute atomic E-state index is 13.3. The fourth-order valence-electron chi connectivity index (χ4n) is 4.06. The lowest BCUT2D eigenvalue weighted by atomic mass is 9.95. The number of hydrogen-bond acceptors (Lipinski definition) is 5. The Morgan fingerprint density at radius 1 is 1.03 bits per heavy atom. The fourth-order valence-corrected chi connectivity index (χ4v) is 4.06. The molecule has 3 aromatic carbocycles. The number of fused-ring (bicyclic) bond motifs is 1. The van der Waals surface area contributed by atoms with Gasteiger partial charge >= 0.3 is 0 Å². The van der Waals surface area contributed by atoms with Crippen LogP contribution < -0.4 is 15.4 Å². The average molecular weight is 470 g/mol. The molecule has 1 amide bonds. The van der Waals surface area contributed by atoms with Crippen LogP contribution in [-0.4, -0.2) is 20.7 Å². The smallest absolute Gasteiger partial charge is 0.251 e. The van der Waals surface area contributed by atoms with Gasteiger partial charge in [-0.25, -0.2) is 9.07 Å². The van der Waals surface area contributed by atoms with Gasteiger partial charge in [-0.15, -0.1) is 0 Å². The number of carbonyl (C=O) groups is 1. The summed E-state index contributed by atoms with van der Waals surface area (Å²) in [5, 5.41) is 10.6. The van der Waals surface area contributed by atoms with E-state index < -0.39 is 6.04 Å². The van der Waals surface area contributed by atoms with Crippen LogP contribution in [-0.2, 0) is 17.9 Å². The van der Waals surface area contributed by atoms with Gasteiger partial charge in [-0.1, -0.05) is 54.6 Å². The van der Waals surface area contributed by atoms with Crippen LogP contribution in [0.2, 0.25) is 0 Å². The highest BCUT2D eigenvalue weighted by Gasteiger charge is 2.33. The zero-order chi connectivity index (χ0) is 24.2. The van der Waals surface area contributed by atoms with Gasteiger partial charge in [-0.05, 0) is 47.9 Å². The van der Waals surface area contributed by atoms with Crippen molar-refractivity contribution in [2.75, 3.05) is 5.32 Å². The number of nitrogens with zero attached hydrogens (tertiary/aromatic N) is 3. The van der Waals surface area contributed by atoms with Gasteiger partial charge in [0.15, 0.2) is 0 Å². The number of amides is 1. The molecule has 1 unspecified atom stereocenters. The summed E-state index contributed by atoms with van der Waals surface area (Å²) in [7, 11) is 0. The predicted octanol–water partition coefficient (Wildman–Crippen LogP) is 4.60.